The summed E-state index contributed by atoms with van der Waals surface area (Å²) in [4.78, 5) is 49.5. The molecule has 0 saturated heterocycles. The summed E-state index contributed by atoms with van der Waals surface area (Å²) in [5, 5.41) is 0. The van der Waals surface area contributed by atoms with Crippen LogP contribution in [0.25, 0.3) is 0 Å². The molecule has 1 rings (SSSR count). The van der Waals surface area contributed by atoms with Gasteiger partial charge in [-0.1, -0.05) is 47.1 Å². The second-order valence-electron chi connectivity index (χ2n) is 11.0. The highest BCUT2D eigenvalue weighted by Gasteiger charge is 2.38. The fraction of sp³-hybridized carbons (Fsp3) is 0.667. The van der Waals surface area contributed by atoms with Crippen molar-refractivity contribution in [3.05, 3.63) is 23.8 Å². The highest BCUT2D eigenvalue weighted by molar-refractivity contribution is 5.81. The monoisotopic (exact) mass is 581 g/mol. The van der Waals surface area contributed by atoms with E-state index in [4.69, 9.17) is 34.2 Å². The summed E-state index contributed by atoms with van der Waals surface area (Å²) < 4.78 is 31.3. The van der Waals surface area contributed by atoms with Gasteiger partial charge in [0.05, 0.1) is 20.3 Å². The highest BCUT2D eigenvalue weighted by atomic mass is 16.7. The first kappa shape index (κ1) is 35.7. The molecule has 11 nitrogen and oxygen atoms in total. The van der Waals surface area contributed by atoms with Gasteiger partial charge in [-0.05, 0) is 55.7 Å². The van der Waals surface area contributed by atoms with Crippen molar-refractivity contribution in [2.45, 2.75) is 98.1 Å². The molecule has 0 aromatic heterocycles. The minimum atomic E-state index is -1.58. The largest absolute Gasteiger partial charge is 0.513 e. The molecule has 0 bridgehead atoms. The van der Waals surface area contributed by atoms with Crippen LogP contribution in [0.3, 0.4) is 0 Å². The van der Waals surface area contributed by atoms with Crippen molar-refractivity contribution in [3.8, 4) is 11.5 Å². The average molecular weight is 582 g/mol. The number of rotatable bonds is 17. The van der Waals surface area contributed by atoms with Crippen molar-refractivity contribution in [2.75, 3.05) is 20.3 Å². The van der Waals surface area contributed by atoms with Gasteiger partial charge in [0.2, 0.25) is 0 Å². The summed E-state index contributed by atoms with van der Waals surface area (Å²) >= 11 is 0. The molecule has 2 N–H and O–H groups in total. The van der Waals surface area contributed by atoms with Crippen LogP contribution in [-0.2, 0) is 35.0 Å². The molecule has 0 heterocycles. The lowest BCUT2D eigenvalue weighted by molar-refractivity contribution is -0.155. The molecule has 0 aliphatic carbocycles. The van der Waals surface area contributed by atoms with Crippen LogP contribution >= 0.6 is 0 Å². The Morgan fingerprint density at radius 2 is 1.44 bits per heavy atom. The third-order valence-corrected chi connectivity index (χ3v) is 6.06. The topological polar surface area (TPSA) is 150 Å². The summed E-state index contributed by atoms with van der Waals surface area (Å²) in [7, 11) is 1.21. The predicted octanol–water partition coefficient (Wildman–Crippen LogP) is 5.73. The second-order valence-corrected chi connectivity index (χ2v) is 11.0. The zero-order chi connectivity index (χ0) is 31.0. The minimum Gasteiger partial charge on any atom is -0.468 e. The van der Waals surface area contributed by atoms with E-state index in [0.29, 0.717) is 36.7 Å². The molecule has 232 valence electrons. The van der Waals surface area contributed by atoms with Crippen LogP contribution in [0.15, 0.2) is 18.2 Å². The first-order valence-electron chi connectivity index (χ1n) is 14.2. The number of carbonyl (C=O) groups is 4. The zero-order valence-corrected chi connectivity index (χ0v) is 25.5. The number of esters is 2. The van der Waals surface area contributed by atoms with Crippen LogP contribution < -0.4 is 15.2 Å². The number of ether oxygens (including phenoxy) is 6. The lowest BCUT2D eigenvalue weighted by Crippen LogP contribution is -2.53. The van der Waals surface area contributed by atoms with Gasteiger partial charge in [-0.25, -0.2) is 9.59 Å². The van der Waals surface area contributed by atoms with Gasteiger partial charge in [0.1, 0.15) is 11.6 Å². The Hall–Kier alpha value is -3.34. The van der Waals surface area contributed by atoms with Gasteiger partial charge in [-0.2, -0.15) is 0 Å². The molecule has 1 aromatic rings. The van der Waals surface area contributed by atoms with E-state index in [-0.39, 0.29) is 49.9 Å². The standard InChI is InChI=1S/C30H47NO10/c1-8-9-10-26(32)39-22(6)18-30(31,27(33)36-7)19-23-11-12-24(40-28(34)37-15-13-20(2)3)25(17-23)41-29(35)38-16-14-21(4)5/h11-12,17,20-22H,8-10,13-16,18-19,31H2,1-7H3/t22?,30-/m1/s1. The lowest BCUT2D eigenvalue weighted by Gasteiger charge is -2.29. The Labute approximate surface area is 243 Å². The quantitative estimate of drug-likeness (QED) is 0.136. The molecule has 1 unspecified atom stereocenters. The molecule has 41 heavy (non-hydrogen) atoms. The summed E-state index contributed by atoms with van der Waals surface area (Å²) in [6.07, 6.45) is 0.396. The van der Waals surface area contributed by atoms with Crippen LogP contribution in [0.1, 0.15) is 85.6 Å². The number of methoxy groups -OCH3 is 1. The smallest absolute Gasteiger partial charge is 0.468 e. The SMILES string of the molecule is CCCCC(=O)OC(C)C[C@@](N)(Cc1ccc(OC(=O)OCCC(C)C)c(OC(=O)OCCC(C)C)c1)C(=O)OC. The van der Waals surface area contributed by atoms with E-state index in [0.717, 1.165) is 6.42 Å². The first-order chi connectivity index (χ1) is 19.3. The fourth-order valence-corrected chi connectivity index (χ4v) is 3.78. The Morgan fingerprint density at radius 1 is 0.878 bits per heavy atom. The van der Waals surface area contributed by atoms with Crippen molar-refractivity contribution in [3.63, 3.8) is 0 Å². The first-order valence-corrected chi connectivity index (χ1v) is 14.2. The van der Waals surface area contributed by atoms with E-state index in [1.165, 1.54) is 19.2 Å². The minimum absolute atomic E-state index is 0.0224. The number of nitrogens with two attached hydrogens (primary N) is 1. The van der Waals surface area contributed by atoms with Gasteiger partial charge in [0, 0.05) is 19.3 Å². The van der Waals surface area contributed by atoms with Gasteiger partial charge in [0.15, 0.2) is 11.5 Å². The van der Waals surface area contributed by atoms with Crippen LogP contribution in [0, 0.1) is 11.8 Å². The highest BCUT2D eigenvalue weighted by Crippen LogP contribution is 2.32. The summed E-state index contributed by atoms with van der Waals surface area (Å²) in [5.74, 6) is -0.642. The number of benzene rings is 1. The van der Waals surface area contributed by atoms with Crippen molar-refractivity contribution in [1.82, 2.24) is 0 Å². The Bertz CT molecular complexity index is 993. The Balaban J connectivity index is 3.17. The molecule has 1 aromatic carbocycles. The molecule has 0 fully saturated rings. The van der Waals surface area contributed by atoms with Crippen LogP contribution in [-0.4, -0.2) is 56.2 Å². The van der Waals surface area contributed by atoms with Gasteiger partial charge >= 0.3 is 24.2 Å². The van der Waals surface area contributed by atoms with Crippen LogP contribution in [0.5, 0.6) is 11.5 Å². The van der Waals surface area contributed by atoms with E-state index >= 15 is 0 Å². The predicted molar refractivity (Wildman–Crippen MR) is 152 cm³/mol. The van der Waals surface area contributed by atoms with Crippen molar-refractivity contribution in [1.29, 1.82) is 0 Å². The normalized spacial score (nSPS) is 13.2. The van der Waals surface area contributed by atoms with E-state index in [1.807, 2.05) is 34.6 Å². The molecule has 0 aliphatic heterocycles. The van der Waals surface area contributed by atoms with Crippen LogP contribution in [0.4, 0.5) is 9.59 Å². The molecule has 2 atom stereocenters. The molecule has 0 amide bonds. The van der Waals surface area contributed by atoms with Gasteiger partial charge in [-0.15, -0.1) is 0 Å². The molecular weight excluding hydrogens is 534 g/mol. The molecule has 0 radical (unpaired) electrons. The number of hydrogen-bond donors (Lipinski definition) is 1. The maximum absolute atomic E-state index is 12.7. The average Bonchev–Trinajstić information content (AvgIpc) is 2.87. The third kappa shape index (κ3) is 14.2. The Morgan fingerprint density at radius 3 is 1.95 bits per heavy atom. The Kier molecular flexibility index (Phi) is 15.8. The zero-order valence-electron chi connectivity index (χ0n) is 25.5. The van der Waals surface area contributed by atoms with Gasteiger partial charge in [0.25, 0.3) is 0 Å². The molecule has 0 aliphatic rings. The van der Waals surface area contributed by atoms with Gasteiger partial charge < -0.3 is 34.2 Å². The molecule has 0 spiro atoms. The number of carbonyl (C=O) groups excluding carboxylic acids is 4. The fourth-order valence-electron chi connectivity index (χ4n) is 3.78. The second kappa shape index (κ2) is 18.2. The lowest BCUT2D eigenvalue weighted by atomic mass is 9.86. The van der Waals surface area contributed by atoms with E-state index < -0.39 is 29.9 Å². The summed E-state index contributed by atoms with van der Waals surface area (Å²) in [6.45, 7) is 11.9. The van der Waals surface area contributed by atoms with Gasteiger partial charge in [-0.3, -0.25) is 9.59 Å². The van der Waals surface area contributed by atoms with Crippen molar-refractivity contribution >= 4 is 24.2 Å². The van der Waals surface area contributed by atoms with E-state index in [9.17, 15) is 19.2 Å². The van der Waals surface area contributed by atoms with E-state index in [2.05, 4.69) is 0 Å². The molecular formula is C30H47NO10. The summed E-state index contributed by atoms with van der Waals surface area (Å²) in [5.41, 5.74) is 5.39. The maximum Gasteiger partial charge on any atom is 0.513 e. The molecule has 11 heteroatoms. The summed E-state index contributed by atoms with van der Waals surface area (Å²) in [6, 6.07) is 4.39. The van der Waals surface area contributed by atoms with Crippen molar-refractivity contribution < 1.29 is 47.6 Å². The maximum atomic E-state index is 12.7. The van der Waals surface area contributed by atoms with Crippen LogP contribution in [0.2, 0.25) is 0 Å². The van der Waals surface area contributed by atoms with E-state index in [1.54, 1.807) is 13.0 Å². The number of unbranched alkanes of at least 4 members (excludes halogenated alkanes) is 1. The molecule has 0 saturated carbocycles. The third-order valence-electron chi connectivity index (χ3n) is 6.06. The van der Waals surface area contributed by atoms with Crippen molar-refractivity contribution in [2.24, 2.45) is 17.6 Å². The number of hydrogen-bond acceptors (Lipinski definition) is 11.